The van der Waals surface area contributed by atoms with Crippen molar-refractivity contribution in [3.8, 4) is 0 Å². The van der Waals surface area contributed by atoms with Crippen molar-refractivity contribution in [2.75, 3.05) is 0 Å². The maximum absolute atomic E-state index is 13.2. The van der Waals surface area contributed by atoms with Gasteiger partial charge in [-0.15, -0.1) is 0 Å². The van der Waals surface area contributed by atoms with E-state index < -0.39 is 17.9 Å². The van der Waals surface area contributed by atoms with Crippen molar-refractivity contribution in [1.29, 1.82) is 0 Å². The molecule has 0 radical (unpaired) electrons. The third-order valence-electron chi connectivity index (χ3n) is 3.43. The summed E-state index contributed by atoms with van der Waals surface area (Å²) in [4.78, 5) is 16.7. The first-order chi connectivity index (χ1) is 11.6. The monoisotopic (exact) mass is 341 g/mol. The molecule has 0 N–H and O–H groups in total. The van der Waals surface area contributed by atoms with Crippen molar-refractivity contribution in [3.05, 3.63) is 101 Å². The summed E-state index contributed by atoms with van der Waals surface area (Å²) in [7, 11) is 0. The lowest BCUT2D eigenvalue weighted by Crippen LogP contribution is -2.14. The zero-order valence-corrected chi connectivity index (χ0v) is 13.3. The number of rotatable bonds is 4. The fraction of sp³-hybridized carbons (Fsp3) is 0.0526. The van der Waals surface area contributed by atoms with Gasteiger partial charge in [-0.2, -0.15) is 0 Å². The average Bonchev–Trinajstić information content (AvgIpc) is 2.61. The van der Waals surface area contributed by atoms with Crippen LogP contribution in [0.2, 0.25) is 5.02 Å². The summed E-state index contributed by atoms with van der Waals surface area (Å²) in [6.45, 7) is 0. The molecule has 0 aliphatic carbocycles. The summed E-state index contributed by atoms with van der Waals surface area (Å²) in [5.41, 5.74) is 1.48. The summed E-state index contributed by atoms with van der Waals surface area (Å²) in [6, 6.07) is 18.2. The molecule has 5 heteroatoms. The lowest BCUT2D eigenvalue weighted by Gasteiger charge is -2.18. The predicted octanol–water partition coefficient (Wildman–Crippen LogP) is 4.82. The Labute approximate surface area is 143 Å². The minimum absolute atomic E-state index is 0.00725. The van der Waals surface area contributed by atoms with Gasteiger partial charge in [0.05, 0.1) is 16.3 Å². The molecule has 1 unspecified atom stereocenters. The lowest BCUT2D eigenvalue weighted by atomic mass is 10.1. The van der Waals surface area contributed by atoms with Crippen LogP contribution in [0.25, 0.3) is 0 Å². The van der Waals surface area contributed by atoms with Gasteiger partial charge in [0.2, 0.25) is 0 Å². The molecule has 0 spiro atoms. The van der Waals surface area contributed by atoms with Gasteiger partial charge < -0.3 is 4.74 Å². The van der Waals surface area contributed by atoms with Crippen molar-refractivity contribution in [2.45, 2.75) is 6.10 Å². The molecule has 1 atom stereocenters. The molecule has 0 fully saturated rings. The Bertz CT molecular complexity index is 801. The maximum Gasteiger partial charge on any atom is 0.340 e. The quantitative estimate of drug-likeness (QED) is 0.639. The molecule has 0 saturated heterocycles. The molecule has 0 aliphatic rings. The van der Waals surface area contributed by atoms with E-state index in [-0.39, 0.29) is 10.6 Å². The smallest absolute Gasteiger partial charge is 0.340 e. The highest BCUT2D eigenvalue weighted by Gasteiger charge is 2.22. The van der Waals surface area contributed by atoms with E-state index in [4.69, 9.17) is 16.3 Å². The second kappa shape index (κ2) is 7.23. The Balaban J connectivity index is 1.94. The molecule has 0 saturated carbocycles. The second-order valence-electron chi connectivity index (χ2n) is 5.07. The Morgan fingerprint density at radius 3 is 2.46 bits per heavy atom. The van der Waals surface area contributed by atoms with E-state index in [2.05, 4.69) is 4.98 Å². The van der Waals surface area contributed by atoms with Crippen LogP contribution in [-0.4, -0.2) is 11.0 Å². The molecule has 0 bridgehead atoms. The summed E-state index contributed by atoms with van der Waals surface area (Å²) in [6.07, 6.45) is 0.949. The largest absolute Gasteiger partial charge is 0.447 e. The summed E-state index contributed by atoms with van der Waals surface area (Å²) in [5, 5.41) is 0.00725. The number of esters is 1. The highest BCUT2D eigenvalue weighted by molar-refractivity contribution is 6.33. The van der Waals surface area contributed by atoms with Crippen LogP contribution < -0.4 is 0 Å². The zero-order chi connectivity index (χ0) is 16.9. The molecular formula is C19H13ClFNO2. The van der Waals surface area contributed by atoms with Gasteiger partial charge in [-0.3, -0.25) is 4.98 Å². The maximum atomic E-state index is 13.2. The first-order valence-electron chi connectivity index (χ1n) is 7.27. The number of hydrogen-bond donors (Lipinski definition) is 0. The third kappa shape index (κ3) is 3.60. The highest BCUT2D eigenvalue weighted by atomic mass is 35.5. The van der Waals surface area contributed by atoms with Gasteiger partial charge in [0.25, 0.3) is 0 Å². The van der Waals surface area contributed by atoms with Crippen LogP contribution >= 0.6 is 11.6 Å². The SMILES string of the molecule is O=C(OC(c1ccccc1)c1ccccn1)c1ccc(F)cc1Cl. The number of ether oxygens (including phenoxy) is 1. The fourth-order valence-corrected chi connectivity index (χ4v) is 2.53. The van der Waals surface area contributed by atoms with Crippen LogP contribution in [0.1, 0.15) is 27.7 Å². The topological polar surface area (TPSA) is 39.2 Å². The van der Waals surface area contributed by atoms with Crippen molar-refractivity contribution in [1.82, 2.24) is 4.98 Å². The predicted molar refractivity (Wildman–Crippen MR) is 89.3 cm³/mol. The van der Waals surface area contributed by atoms with Gasteiger partial charge in [-0.1, -0.05) is 48.0 Å². The van der Waals surface area contributed by atoms with E-state index in [1.54, 1.807) is 18.3 Å². The summed E-state index contributed by atoms with van der Waals surface area (Å²) in [5.74, 6) is -1.15. The molecule has 3 rings (SSSR count). The van der Waals surface area contributed by atoms with E-state index in [0.717, 1.165) is 11.6 Å². The second-order valence-corrected chi connectivity index (χ2v) is 5.48. The van der Waals surface area contributed by atoms with E-state index >= 15 is 0 Å². The highest BCUT2D eigenvalue weighted by Crippen LogP contribution is 2.27. The van der Waals surface area contributed by atoms with Crippen molar-refractivity contribution < 1.29 is 13.9 Å². The van der Waals surface area contributed by atoms with Gasteiger partial charge in [-0.05, 0) is 35.9 Å². The number of carbonyl (C=O) groups is 1. The van der Waals surface area contributed by atoms with Crippen molar-refractivity contribution in [2.24, 2.45) is 0 Å². The zero-order valence-electron chi connectivity index (χ0n) is 12.5. The molecule has 0 amide bonds. The molecule has 2 aromatic carbocycles. The molecule has 0 aliphatic heterocycles. The number of aromatic nitrogens is 1. The van der Waals surface area contributed by atoms with Crippen LogP contribution in [-0.2, 0) is 4.74 Å². The Kier molecular flexibility index (Phi) is 4.87. The average molecular weight is 342 g/mol. The standard InChI is InChI=1S/C19H13ClFNO2/c20-16-12-14(21)9-10-15(16)19(23)24-18(13-6-2-1-3-7-13)17-8-4-5-11-22-17/h1-12,18H. The van der Waals surface area contributed by atoms with Crippen molar-refractivity contribution in [3.63, 3.8) is 0 Å². The summed E-state index contributed by atoms with van der Waals surface area (Å²) >= 11 is 5.94. The molecule has 3 aromatic rings. The number of benzene rings is 2. The van der Waals surface area contributed by atoms with Crippen LogP contribution in [0, 0.1) is 5.82 Å². The van der Waals surface area contributed by atoms with Crippen LogP contribution in [0.5, 0.6) is 0 Å². The molecular weight excluding hydrogens is 329 g/mol. The van der Waals surface area contributed by atoms with Crippen LogP contribution in [0.3, 0.4) is 0 Å². The Morgan fingerprint density at radius 2 is 1.79 bits per heavy atom. The first kappa shape index (κ1) is 16.1. The van der Waals surface area contributed by atoms with Gasteiger partial charge >= 0.3 is 5.97 Å². The number of nitrogens with zero attached hydrogens (tertiary/aromatic N) is 1. The third-order valence-corrected chi connectivity index (χ3v) is 3.75. The number of pyridine rings is 1. The number of carbonyl (C=O) groups excluding carboxylic acids is 1. The molecule has 120 valence electrons. The Morgan fingerprint density at radius 1 is 1.04 bits per heavy atom. The van der Waals surface area contributed by atoms with Crippen LogP contribution in [0.15, 0.2) is 72.9 Å². The normalized spacial score (nSPS) is 11.8. The Hall–Kier alpha value is -2.72. The first-order valence-corrected chi connectivity index (χ1v) is 7.65. The van der Waals surface area contributed by atoms with E-state index in [1.807, 2.05) is 36.4 Å². The van der Waals surface area contributed by atoms with E-state index in [0.29, 0.717) is 5.69 Å². The van der Waals surface area contributed by atoms with Gasteiger partial charge in [0.1, 0.15) is 5.82 Å². The van der Waals surface area contributed by atoms with E-state index in [1.165, 1.54) is 12.1 Å². The van der Waals surface area contributed by atoms with Gasteiger partial charge in [0.15, 0.2) is 6.10 Å². The summed E-state index contributed by atoms with van der Waals surface area (Å²) < 4.78 is 18.8. The molecule has 3 nitrogen and oxygen atoms in total. The lowest BCUT2D eigenvalue weighted by molar-refractivity contribution is 0.0371. The van der Waals surface area contributed by atoms with Crippen molar-refractivity contribution >= 4 is 17.6 Å². The molecule has 1 heterocycles. The van der Waals surface area contributed by atoms with E-state index in [9.17, 15) is 9.18 Å². The number of hydrogen-bond acceptors (Lipinski definition) is 3. The van der Waals surface area contributed by atoms with Crippen LogP contribution in [0.4, 0.5) is 4.39 Å². The van der Waals surface area contributed by atoms with Gasteiger partial charge in [-0.25, -0.2) is 9.18 Å². The minimum atomic E-state index is -0.680. The molecule has 24 heavy (non-hydrogen) atoms. The van der Waals surface area contributed by atoms with Gasteiger partial charge in [0, 0.05) is 6.20 Å². The molecule has 1 aromatic heterocycles. The fourth-order valence-electron chi connectivity index (χ4n) is 2.28. The minimum Gasteiger partial charge on any atom is -0.447 e. The number of halogens is 2.